The van der Waals surface area contributed by atoms with Crippen LogP contribution < -0.4 is 16.0 Å². The van der Waals surface area contributed by atoms with Crippen molar-refractivity contribution in [3.63, 3.8) is 0 Å². The third-order valence-electron chi connectivity index (χ3n) is 4.38. The van der Waals surface area contributed by atoms with E-state index in [4.69, 9.17) is 10.5 Å². The van der Waals surface area contributed by atoms with Crippen molar-refractivity contribution < 1.29 is 18.7 Å². The minimum absolute atomic E-state index is 0.0105. The maximum Gasteiger partial charge on any atom is 0.254 e. The minimum atomic E-state index is -0.647. The molecule has 1 saturated carbocycles. The van der Waals surface area contributed by atoms with Crippen molar-refractivity contribution in [1.82, 2.24) is 5.32 Å². The number of nitrogens with two attached hydrogens (primary N) is 1. The summed E-state index contributed by atoms with van der Waals surface area (Å²) in [6.07, 6.45) is 2.65. The van der Waals surface area contributed by atoms with Crippen LogP contribution in [0.5, 0.6) is 0 Å². The number of hydrogen-bond donors (Lipinski definition) is 2. The molecule has 6 nitrogen and oxygen atoms in total. The normalized spacial score (nSPS) is 24.8. The molecule has 0 radical (unpaired) electrons. The number of benzene rings is 1. The van der Waals surface area contributed by atoms with Gasteiger partial charge in [0.15, 0.2) is 0 Å². The molecule has 1 aliphatic heterocycles. The fraction of sp³-hybridized carbons (Fsp3) is 0.500. The average Bonchev–Trinajstić information content (AvgIpc) is 2.92. The van der Waals surface area contributed by atoms with Crippen LogP contribution in [0.1, 0.15) is 29.6 Å². The molecule has 1 aromatic carbocycles. The molecule has 124 valence electrons. The molecule has 0 spiro atoms. The van der Waals surface area contributed by atoms with E-state index in [1.807, 2.05) is 0 Å². The molecule has 1 saturated heterocycles. The van der Waals surface area contributed by atoms with Crippen LogP contribution in [0.2, 0.25) is 0 Å². The Morgan fingerprint density at radius 3 is 2.87 bits per heavy atom. The van der Waals surface area contributed by atoms with Gasteiger partial charge in [0.2, 0.25) is 0 Å². The molecule has 2 fully saturated rings. The first-order valence-corrected chi connectivity index (χ1v) is 7.80. The van der Waals surface area contributed by atoms with Crippen molar-refractivity contribution in [3.8, 4) is 0 Å². The predicted molar refractivity (Wildman–Crippen MR) is 82.7 cm³/mol. The molecule has 0 bridgehead atoms. The van der Waals surface area contributed by atoms with E-state index >= 15 is 0 Å². The first-order chi connectivity index (χ1) is 11.1. The standard InChI is InChI=1S/C16H20FN3O3/c17-12-8-10(20-6-7-23-9-15(20)21)4-5-11(12)16(22)19-14-3-1-2-13(14)18/h4-5,8,13-14H,1-3,6-7,9,18H2,(H,19,22). The van der Waals surface area contributed by atoms with Crippen LogP contribution in [-0.4, -0.2) is 43.7 Å². The average molecular weight is 321 g/mol. The van der Waals surface area contributed by atoms with Gasteiger partial charge in [-0.2, -0.15) is 0 Å². The van der Waals surface area contributed by atoms with E-state index < -0.39 is 11.7 Å². The summed E-state index contributed by atoms with van der Waals surface area (Å²) in [6.45, 7) is 0.777. The molecular formula is C16H20FN3O3. The van der Waals surface area contributed by atoms with E-state index in [0.717, 1.165) is 19.3 Å². The van der Waals surface area contributed by atoms with Crippen molar-refractivity contribution in [3.05, 3.63) is 29.6 Å². The number of nitrogens with zero attached hydrogens (tertiary/aromatic N) is 1. The fourth-order valence-corrected chi connectivity index (χ4v) is 3.06. The number of rotatable bonds is 3. The third-order valence-corrected chi connectivity index (χ3v) is 4.38. The number of morpholine rings is 1. The van der Waals surface area contributed by atoms with Gasteiger partial charge in [0.1, 0.15) is 12.4 Å². The van der Waals surface area contributed by atoms with Crippen LogP contribution in [0.3, 0.4) is 0 Å². The van der Waals surface area contributed by atoms with E-state index in [2.05, 4.69) is 5.32 Å². The fourth-order valence-electron chi connectivity index (χ4n) is 3.06. The van der Waals surface area contributed by atoms with Crippen molar-refractivity contribution in [1.29, 1.82) is 0 Å². The number of anilines is 1. The Morgan fingerprint density at radius 2 is 2.22 bits per heavy atom. The highest BCUT2D eigenvalue weighted by molar-refractivity contribution is 5.97. The van der Waals surface area contributed by atoms with Gasteiger partial charge in [0.05, 0.1) is 12.2 Å². The van der Waals surface area contributed by atoms with Gasteiger partial charge in [-0.25, -0.2) is 4.39 Å². The zero-order chi connectivity index (χ0) is 16.4. The summed E-state index contributed by atoms with van der Waals surface area (Å²) in [5, 5.41) is 2.79. The van der Waals surface area contributed by atoms with E-state index in [1.54, 1.807) is 6.07 Å². The van der Waals surface area contributed by atoms with E-state index in [-0.39, 0.29) is 30.2 Å². The lowest BCUT2D eigenvalue weighted by atomic mass is 10.1. The SMILES string of the molecule is NC1CCCC1NC(=O)c1ccc(N2CCOCC2=O)cc1F. The van der Waals surface area contributed by atoms with Crippen molar-refractivity contribution in [2.45, 2.75) is 31.3 Å². The van der Waals surface area contributed by atoms with Gasteiger partial charge in [-0.05, 0) is 37.5 Å². The summed E-state index contributed by atoms with van der Waals surface area (Å²) in [5.41, 5.74) is 6.32. The second-order valence-electron chi connectivity index (χ2n) is 5.94. The lowest BCUT2D eigenvalue weighted by molar-refractivity contribution is -0.125. The Labute approximate surface area is 133 Å². The molecule has 2 atom stereocenters. The van der Waals surface area contributed by atoms with E-state index in [1.165, 1.54) is 17.0 Å². The zero-order valence-corrected chi connectivity index (χ0v) is 12.8. The van der Waals surface area contributed by atoms with Gasteiger partial charge in [0, 0.05) is 24.3 Å². The topological polar surface area (TPSA) is 84.7 Å². The summed E-state index contributed by atoms with van der Waals surface area (Å²) in [7, 11) is 0. The number of amides is 2. The molecule has 2 amide bonds. The highest BCUT2D eigenvalue weighted by atomic mass is 19.1. The van der Waals surface area contributed by atoms with E-state index in [0.29, 0.717) is 18.8 Å². The van der Waals surface area contributed by atoms with Crippen LogP contribution >= 0.6 is 0 Å². The molecule has 1 aromatic rings. The molecule has 2 aliphatic rings. The minimum Gasteiger partial charge on any atom is -0.370 e. The molecule has 1 heterocycles. The maximum absolute atomic E-state index is 14.3. The lowest BCUT2D eigenvalue weighted by Crippen LogP contribution is -2.44. The van der Waals surface area contributed by atoms with Gasteiger partial charge < -0.3 is 20.7 Å². The van der Waals surface area contributed by atoms with Gasteiger partial charge in [0.25, 0.3) is 11.8 Å². The molecular weight excluding hydrogens is 301 g/mol. The molecule has 3 rings (SSSR count). The van der Waals surface area contributed by atoms with Gasteiger partial charge >= 0.3 is 0 Å². The van der Waals surface area contributed by atoms with Crippen LogP contribution in [0, 0.1) is 5.82 Å². The Kier molecular flexibility index (Phi) is 4.58. The monoisotopic (exact) mass is 321 g/mol. The van der Waals surface area contributed by atoms with Crippen LogP contribution in [0.25, 0.3) is 0 Å². The molecule has 0 aromatic heterocycles. The van der Waals surface area contributed by atoms with Gasteiger partial charge in [-0.1, -0.05) is 0 Å². The number of hydrogen-bond acceptors (Lipinski definition) is 4. The highest BCUT2D eigenvalue weighted by Gasteiger charge is 2.27. The summed E-state index contributed by atoms with van der Waals surface area (Å²) < 4.78 is 19.3. The summed E-state index contributed by atoms with van der Waals surface area (Å²) in [6, 6.07) is 4.01. The highest BCUT2D eigenvalue weighted by Crippen LogP contribution is 2.22. The van der Waals surface area contributed by atoms with Crippen LogP contribution in [-0.2, 0) is 9.53 Å². The second-order valence-corrected chi connectivity index (χ2v) is 5.94. The number of nitrogens with one attached hydrogen (secondary N) is 1. The quantitative estimate of drug-likeness (QED) is 0.862. The number of ether oxygens (including phenoxy) is 1. The molecule has 23 heavy (non-hydrogen) atoms. The van der Waals surface area contributed by atoms with Gasteiger partial charge in [-0.15, -0.1) is 0 Å². The number of carbonyl (C=O) groups excluding carboxylic acids is 2. The van der Waals surface area contributed by atoms with Crippen molar-refractivity contribution in [2.75, 3.05) is 24.7 Å². The van der Waals surface area contributed by atoms with Crippen molar-refractivity contribution >= 4 is 17.5 Å². The predicted octanol–water partition coefficient (Wildman–Crippen LogP) is 0.798. The molecule has 2 unspecified atom stereocenters. The Bertz CT molecular complexity index is 623. The van der Waals surface area contributed by atoms with Crippen LogP contribution in [0.15, 0.2) is 18.2 Å². The summed E-state index contributed by atoms with van der Waals surface area (Å²) in [5.74, 6) is -1.33. The third kappa shape index (κ3) is 3.35. The van der Waals surface area contributed by atoms with Crippen molar-refractivity contribution in [2.24, 2.45) is 5.73 Å². The Balaban J connectivity index is 1.73. The Morgan fingerprint density at radius 1 is 1.39 bits per heavy atom. The number of halogens is 1. The maximum atomic E-state index is 14.3. The smallest absolute Gasteiger partial charge is 0.254 e. The van der Waals surface area contributed by atoms with Gasteiger partial charge in [-0.3, -0.25) is 9.59 Å². The number of carbonyl (C=O) groups is 2. The molecule has 3 N–H and O–H groups in total. The molecule has 7 heteroatoms. The lowest BCUT2D eigenvalue weighted by Gasteiger charge is -2.27. The van der Waals surface area contributed by atoms with Crippen LogP contribution in [0.4, 0.5) is 10.1 Å². The largest absolute Gasteiger partial charge is 0.370 e. The summed E-state index contributed by atoms with van der Waals surface area (Å²) in [4.78, 5) is 25.4. The first-order valence-electron chi connectivity index (χ1n) is 7.80. The van der Waals surface area contributed by atoms with E-state index in [9.17, 15) is 14.0 Å². The summed E-state index contributed by atoms with van der Waals surface area (Å²) >= 11 is 0. The Hall–Kier alpha value is -1.99. The second kappa shape index (κ2) is 6.64. The zero-order valence-electron chi connectivity index (χ0n) is 12.8. The molecule has 1 aliphatic carbocycles. The first kappa shape index (κ1) is 15.9.